The maximum absolute atomic E-state index is 11.2. The van der Waals surface area contributed by atoms with Gasteiger partial charge >= 0.3 is 0 Å². The molecular formula is C18H21NOS. The van der Waals surface area contributed by atoms with Crippen LogP contribution < -0.4 is 0 Å². The highest BCUT2D eigenvalue weighted by atomic mass is 32.1. The fourth-order valence-corrected chi connectivity index (χ4v) is 4.63. The molecule has 1 atom stereocenters. The zero-order valence-electron chi connectivity index (χ0n) is 12.6. The van der Waals surface area contributed by atoms with Crippen LogP contribution in [0.25, 0.3) is 10.1 Å². The molecule has 2 aromatic rings. The summed E-state index contributed by atoms with van der Waals surface area (Å²) >= 11 is 1.61. The lowest BCUT2D eigenvalue weighted by Gasteiger charge is -2.43. The maximum atomic E-state index is 11.2. The Morgan fingerprint density at radius 2 is 2.00 bits per heavy atom. The Bertz CT molecular complexity index is 654. The molecule has 0 aliphatic heterocycles. The van der Waals surface area contributed by atoms with Crippen LogP contribution in [-0.4, -0.2) is 5.11 Å². The number of hydrogen-bond donors (Lipinski definition) is 1. The van der Waals surface area contributed by atoms with Gasteiger partial charge in [0.1, 0.15) is 5.60 Å². The molecule has 1 fully saturated rings. The van der Waals surface area contributed by atoms with Crippen LogP contribution in [0.5, 0.6) is 0 Å². The average Bonchev–Trinajstić information content (AvgIpc) is 2.93. The second-order valence-corrected chi connectivity index (χ2v) is 7.68. The molecule has 0 saturated heterocycles. The monoisotopic (exact) mass is 299 g/mol. The highest BCUT2D eigenvalue weighted by Crippen LogP contribution is 2.52. The predicted octanol–water partition coefficient (Wildman–Crippen LogP) is 4.83. The van der Waals surface area contributed by atoms with Crippen LogP contribution in [0.3, 0.4) is 0 Å². The van der Waals surface area contributed by atoms with E-state index in [2.05, 4.69) is 31.2 Å². The third-order valence-corrected chi connectivity index (χ3v) is 6.51. The molecule has 1 aliphatic carbocycles. The van der Waals surface area contributed by atoms with Crippen molar-refractivity contribution in [3.05, 3.63) is 35.2 Å². The molecule has 1 aromatic carbocycles. The number of hydrogen-bond acceptors (Lipinski definition) is 3. The number of fused-ring (bicyclic) bond motifs is 1. The van der Waals surface area contributed by atoms with Crippen molar-refractivity contribution in [1.29, 1.82) is 5.26 Å². The van der Waals surface area contributed by atoms with Gasteiger partial charge in [0.05, 0.1) is 11.5 Å². The van der Waals surface area contributed by atoms with Crippen LogP contribution in [0.1, 0.15) is 44.4 Å². The number of aliphatic hydroxyl groups is 1. The van der Waals surface area contributed by atoms with Crippen molar-refractivity contribution in [3.63, 3.8) is 0 Å². The Kier molecular flexibility index (Phi) is 3.55. The van der Waals surface area contributed by atoms with Crippen molar-refractivity contribution in [1.82, 2.24) is 0 Å². The first kappa shape index (κ1) is 14.6. The molecule has 1 unspecified atom stereocenters. The number of rotatable bonds is 2. The number of thiophene rings is 1. The molecule has 3 rings (SSSR count). The Morgan fingerprint density at radius 3 is 2.62 bits per heavy atom. The van der Waals surface area contributed by atoms with Crippen LogP contribution >= 0.6 is 11.3 Å². The SMILES string of the molecule is CC1CCC(C#N)(C(C)(O)c2cc3ccccc3s2)CC1. The van der Waals surface area contributed by atoms with Gasteiger partial charge < -0.3 is 5.11 Å². The van der Waals surface area contributed by atoms with Crippen LogP contribution in [0.2, 0.25) is 0 Å². The summed E-state index contributed by atoms with van der Waals surface area (Å²) < 4.78 is 1.17. The molecule has 3 heteroatoms. The summed E-state index contributed by atoms with van der Waals surface area (Å²) in [7, 11) is 0. The van der Waals surface area contributed by atoms with Gasteiger partial charge in [0.25, 0.3) is 0 Å². The van der Waals surface area contributed by atoms with Gasteiger partial charge in [-0.2, -0.15) is 5.26 Å². The van der Waals surface area contributed by atoms with E-state index in [1.54, 1.807) is 11.3 Å². The van der Waals surface area contributed by atoms with Gasteiger partial charge in [0.15, 0.2) is 0 Å². The quantitative estimate of drug-likeness (QED) is 0.863. The van der Waals surface area contributed by atoms with Gasteiger partial charge in [-0.3, -0.25) is 0 Å². The normalized spacial score (nSPS) is 29.0. The van der Waals surface area contributed by atoms with Gasteiger partial charge in [-0.15, -0.1) is 11.3 Å². The largest absolute Gasteiger partial charge is 0.383 e. The lowest BCUT2D eigenvalue weighted by molar-refractivity contribution is -0.0657. The van der Waals surface area contributed by atoms with Crippen molar-refractivity contribution in [2.75, 3.05) is 0 Å². The summed E-state index contributed by atoms with van der Waals surface area (Å²) in [5.41, 5.74) is -1.73. The van der Waals surface area contributed by atoms with Gasteiger partial charge in [0, 0.05) is 9.58 Å². The van der Waals surface area contributed by atoms with Gasteiger partial charge in [-0.05, 0) is 56.0 Å². The summed E-state index contributed by atoms with van der Waals surface area (Å²) in [5, 5.41) is 22.2. The minimum atomic E-state index is -1.08. The first-order valence-corrected chi connectivity index (χ1v) is 8.43. The summed E-state index contributed by atoms with van der Waals surface area (Å²) in [4.78, 5) is 0.916. The lowest BCUT2D eigenvalue weighted by atomic mass is 9.62. The molecule has 0 amide bonds. The van der Waals surface area contributed by atoms with E-state index in [9.17, 15) is 10.4 Å². The van der Waals surface area contributed by atoms with Crippen molar-refractivity contribution < 1.29 is 5.11 Å². The van der Waals surface area contributed by atoms with Crippen molar-refractivity contribution in [2.45, 2.75) is 45.1 Å². The molecule has 21 heavy (non-hydrogen) atoms. The fourth-order valence-electron chi connectivity index (χ4n) is 3.42. The van der Waals surface area contributed by atoms with E-state index in [1.165, 1.54) is 4.70 Å². The van der Waals surface area contributed by atoms with E-state index in [0.717, 1.165) is 35.9 Å². The molecule has 0 radical (unpaired) electrons. The minimum absolute atomic E-state index is 0.652. The van der Waals surface area contributed by atoms with E-state index in [-0.39, 0.29) is 0 Å². The minimum Gasteiger partial charge on any atom is -0.383 e. The third kappa shape index (κ3) is 2.27. The first-order chi connectivity index (χ1) is 9.98. The Morgan fingerprint density at radius 1 is 1.33 bits per heavy atom. The van der Waals surface area contributed by atoms with E-state index < -0.39 is 11.0 Å². The van der Waals surface area contributed by atoms with E-state index >= 15 is 0 Å². The molecule has 2 nitrogen and oxygen atoms in total. The van der Waals surface area contributed by atoms with Crippen LogP contribution in [0, 0.1) is 22.7 Å². The van der Waals surface area contributed by atoms with E-state index in [0.29, 0.717) is 5.92 Å². The summed E-state index contributed by atoms with van der Waals surface area (Å²) in [5.74, 6) is 0.657. The second kappa shape index (κ2) is 5.12. The van der Waals surface area contributed by atoms with Crippen molar-refractivity contribution >= 4 is 21.4 Å². The van der Waals surface area contributed by atoms with Crippen molar-refractivity contribution in [3.8, 4) is 6.07 Å². The van der Waals surface area contributed by atoms with Gasteiger partial charge in [-0.25, -0.2) is 0 Å². The summed E-state index contributed by atoms with van der Waals surface area (Å²) in [6.45, 7) is 4.06. The Balaban J connectivity index is 2.03. The highest BCUT2D eigenvalue weighted by molar-refractivity contribution is 7.19. The molecule has 1 aliphatic rings. The Labute approximate surface area is 130 Å². The predicted molar refractivity (Wildman–Crippen MR) is 87.1 cm³/mol. The van der Waals surface area contributed by atoms with E-state index in [4.69, 9.17) is 0 Å². The number of nitrogens with zero attached hydrogens (tertiary/aromatic N) is 1. The Hall–Kier alpha value is -1.37. The molecule has 0 bridgehead atoms. The number of nitriles is 1. The highest BCUT2D eigenvalue weighted by Gasteiger charge is 2.50. The molecule has 0 spiro atoms. The molecule has 1 saturated carbocycles. The smallest absolute Gasteiger partial charge is 0.114 e. The summed E-state index contributed by atoms with van der Waals surface area (Å²) in [6, 6.07) is 12.7. The van der Waals surface area contributed by atoms with Gasteiger partial charge in [-0.1, -0.05) is 25.1 Å². The topological polar surface area (TPSA) is 44.0 Å². The van der Waals surface area contributed by atoms with Crippen molar-refractivity contribution in [2.24, 2.45) is 11.3 Å². The fraction of sp³-hybridized carbons (Fsp3) is 0.500. The van der Waals surface area contributed by atoms with E-state index in [1.807, 2.05) is 19.1 Å². The molecule has 1 heterocycles. The summed E-state index contributed by atoms with van der Waals surface area (Å²) in [6.07, 6.45) is 3.61. The van der Waals surface area contributed by atoms with Gasteiger partial charge in [0.2, 0.25) is 0 Å². The molecular weight excluding hydrogens is 278 g/mol. The molecule has 1 N–H and O–H groups in total. The first-order valence-electron chi connectivity index (χ1n) is 7.61. The maximum Gasteiger partial charge on any atom is 0.114 e. The zero-order chi connectivity index (χ0) is 15.1. The van der Waals surface area contributed by atoms with Crippen LogP contribution in [0.4, 0.5) is 0 Å². The molecule has 1 aromatic heterocycles. The molecule has 110 valence electrons. The zero-order valence-corrected chi connectivity index (χ0v) is 13.4. The number of benzene rings is 1. The van der Waals surface area contributed by atoms with Crippen LogP contribution in [-0.2, 0) is 5.60 Å². The third-order valence-electron chi connectivity index (χ3n) is 5.18. The lowest BCUT2D eigenvalue weighted by Crippen LogP contribution is -2.44. The average molecular weight is 299 g/mol. The second-order valence-electron chi connectivity index (χ2n) is 6.60. The standard InChI is InChI=1S/C18H21NOS/c1-13-7-9-18(12-19,10-8-13)17(2,20)16-11-14-5-3-4-6-15(14)21-16/h3-6,11,13,20H,7-10H2,1-2H3. The van der Waals surface area contributed by atoms with Crippen LogP contribution in [0.15, 0.2) is 30.3 Å².